The number of phenols is 1. The summed E-state index contributed by atoms with van der Waals surface area (Å²) in [4.78, 5) is 13.4. The number of phenolic OH excluding ortho intramolecular Hbond substituents is 1. The molecule has 1 rings (SSSR count). The van der Waals surface area contributed by atoms with Crippen LogP contribution in [0.1, 0.15) is 89.5 Å². The minimum atomic E-state index is -0.312. The molecule has 0 atom stereocenters. The minimum absolute atomic E-state index is 0.286. The van der Waals surface area contributed by atoms with Gasteiger partial charge in [0.25, 0.3) is 0 Å². The number of aromatic hydroxyl groups is 1. The molecule has 0 bridgehead atoms. The van der Waals surface area contributed by atoms with Crippen LogP contribution < -0.4 is 5.73 Å². The summed E-state index contributed by atoms with van der Waals surface area (Å²) in [7, 11) is 0. The highest BCUT2D eigenvalue weighted by Crippen LogP contribution is 2.13. The summed E-state index contributed by atoms with van der Waals surface area (Å²) in [6.07, 6.45) is 16.2. The fraction of sp³-hybridized carbons (Fsp3) is 0.696. The molecule has 3 N–H and O–H groups in total. The lowest BCUT2D eigenvalue weighted by Crippen LogP contribution is -2.37. The van der Waals surface area contributed by atoms with E-state index in [-0.39, 0.29) is 11.8 Å². The van der Waals surface area contributed by atoms with E-state index in [0.717, 1.165) is 25.8 Å². The zero-order valence-corrected chi connectivity index (χ0v) is 17.3. The van der Waals surface area contributed by atoms with Crippen LogP contribution in [0.4, 0.5) is 4.79 Å². The summed E-state index contributed by atoms with van der Waals surface area (Å²) in [6.45, 7) is 3.73. The van der Waals surface area contributed by atoms with Crippen LogP contribution in [-0.4, -0.2) is 29.1 Å². The third-order valence-electron chi connectivity index (χ3n) is 5.17. The van der Waals surface area contributed by atoms with Crippen molar-refractivity contribution >= 4 is 6.03 Å². The molecule has 0 radical (unpaired) electrons. The Kier molecular flexibility index (Phi) is 13.3. The van der Waals surface area contributed by atoms with Crippen molar-refractivity contribution in [2.24, 2.45) is 5.73 Å². The van der Waals surface area contributed by atoms with E-state index in [9.17, 15) is 9.90 Å². The summed E-state index contributed by atoms with van der Waals surface area (Å²) in [5.74, 6) is 0.286. The van der Waals surface area contributed by atoms with Crippen LogP contribution in [0, 0.1) is 0 Å². The van der Waals surface area contributed by atoms with Crippen molar-refractivity contribution in [2.75, 3.05) is 13.1 Å². The van der Waals surface area contributed by atoms with Gasteiger partial charge >= 0.3 is 6.03 Å². The van der Waals surface area contributed by atoms with Crippen LogP contribution >= 0.6 is 0 Å². The Morgan fingerprint density at radius 3 is 1.81 bits per heavy atom. The van der Waals surface area contributed by atoms with E-state index in [1.54, 1.807) is 17.0 Å². The highest BCUT2D eigenvalue weighted by Gasteiger charge is 2.08. The second-order valence-electron chi connectivity index (χ2n) is 7.63. The second kappa shape index (κ2) is 15.4. The second-order valence-corrected chi connectivity index (χ2v) is 7.63. The largest absolute Gasteiger partial charge is 0.508 e. The first kappa shape index (κ1) is 23.3. The zero-order valence-electron chi connectivity index (χ0n) is 17.3. The van der Waals surface area contributed by atoms with Gasteiger partial charge < -0.3 is 15.7 Å². The van der Waals surface area contributed by atoms with Crippen molar-refractivity contribution in [1.29, 1.82) is 0 Å². The predicted molar refractivity (Wildman–Crippen MR) is 114 cm³/mol. The number of aryl methyl sites for hydroxylation is 1. The highest BCUT2D eigenvalue weighted by molar-refractivity contribution is 5.71. The molecule has 0 unspecified atom stereocenters. The number of nitrogens with two attached hydrogens (primary N) is 1. The quantitative estimate of drug-likeness (QED) is 0.347. The van der Waals surface area contributed by atoms with Crippen LogP contribution in [-0.2, 0) is 6.42 Å². The van der Waals surface area contributed by atoms with Gasteiger partial charge in [-0.2, -0.15) is 0 Å². The molecule has 154 valence electrons. The average Bonchev–Trinajstić information content (AvgIpc) is 2.66. The molecule has 0 aliphatic heterocycles. The Hall–Kier alpha value is -1.71. The molecule has 4 heteroatoms. The number of unbranched alkanes of at least 4 members (excludes halogenated alkanes) is 10. The number of nitrogens with zero attached hydrogens (tertiary/aromatic N) is 1. The first-order chi connectivity index (χ1) is 13.1. The molecule has 0 aliphatic rings. The standard InChI is InChI=1S/C23H40N2O2/c1-2-3-4-5-6-7-8-9-10-11-12-19-25(23(24)27)20-13-14-21-15-17-22(26)18-16-21/h15-18,26H,2-14,19-20H2,1H3,(H2,24,27). The average molecular weight is 377 g/mol. The fourth-order valence-electron chi connectivity index (χ4n) is 3.44. The maximum atomic E-state index is 11.6. The van der Waals surface area contributed by atoms with E-state index in [0.29, 0.717) is 6.54 Å². The van der Waals surface area contributed by atoms with Crippen molar-refractivity contribution < 1.29 is 9.90 Å². The number of carbonyl (C=O) groups is 1. The molecule has 0 aromatic heterocycles. The molecule has 1 aromatic rings. The molecule has 2 amide bonds. The van der Waals surface area contributed by atoms with E-state index in [2.05, 4.69) is 6.92 Å². The van der Waals surface area contributed by atoms with Gasteiger partial charge in [0.1, 0.15) is 5.75 Å². The topological polar surface area (TPSA) is 66.6 Å². The van der Waals surface area contributed by atoms with Crippen LogP contribution in [0.25, 0.3) is 0 Å². The van der Waals surface area contributed by atoms with Crippen LogP contribution in [0.5, 0.6) is 5.75 Å². The Bertz CT molecular complexity index is 488. The molecule has 27 heavy (non-hydrogen) atoms. The van der Waals surface area contributed by atoms with Crippen molar-refractivity contribution in [3.05, 3.63) is 29.8 Å². The van der Waals surface area contributed by atoms with E-state index >= 15 is 0 Å². The molecule has 0 saturated carbocycles. The third-order valence-corrected chi connectivity index (χ3v) is 5.17. The first-order valence-corrected chi connectivity index (χ1v) is 11.0. The monoisotopic (exact) mass is 376 g/mol. The Morgan fingerprint density at radius 1 is 0.815 bits per heavy atom. The molecular weight excluding hydrogens is 336 g/mol. The lowest BCUT2D eigenvalue weighted by atomic mass is 10.1. The van der Waals surface area contributed by atoms with Gasteiger partial charge in [0.2, 0.25) is 0 Å². The van der Waals surface area contributed by atoms with Crippen LogP contribution in [0.15, 0.2) is 24.3 Å². The summed E-state index contributed by atoms with van der Waals surface area (Å²) in [6, 6.07) is 6.94. The maximum Gasteiger partial charge on any atom is 0.314 e. The van der Waals surface area contributed by atoms with Gasteiger partial charge in [-0.1, -0.05) is 83.3 Å². The van der Waals surface area contributed by atoms with Crippen molar-refractivity contribution in [3.8, 4) is 5.75 Å². The maximum absolute atomic E-state index is 11.6. The number of urea groups is 1. The molecule has 1 aromatic carbocycles. The van der Waals surface area contributed by atoms with Gasteiger partial charge in [-0.3, -0.25) is 0 Å². The van der Waals surface area contributed by atoms with Gasteiger partial charge in [0, 0.05) is 13.1 Å². The molecule has 0 fully saturated rings. The van der Waals surface area contributed by atoms with Gasteiger partial charge in [0.15, 0.2) is 0 Å². The SMILES string of the molecule is CCCCCCCCCCCCCN(CCCc1ccc(O)cc1)C(N)=O. The number of rotatable bonds is 16. The number of primary amides is 1. The summed E-state index contributed by atoms with van der Waals surface area (Å²) in [5, 5.41) is 9.31. The van der Waals surface area contributed by atoms with Crippen molar-refractivity contribution in [3.63, 3.8) is 0 Å². The lowest BCUT2D eigenvalue weighted by Gasteiger charge is -2.20. The minimum Gasteiger partial charge on any atom is -0.508 e. The third kappa shape index (κ3) is 12.3. The predicted octanol–water partition coefficient (Wildman–Crippen LogP) is 6.02. The molecule has 0 saturated heterocycles. The van der Waals surface area contributed by atoms with Crippen molar-refractivity contribution in [2.45, 2.75) is 90.4 Å². The Morgan fingerprint density at radius 2 is 1.30 bits per heavy atom. The summed E-state index contributed by atoms with van der Waals surface area (Å²) >= 11 is 0. The number of hydrogen-bond donors (Lipinski definition) is 2. The molecule has 0 aliphatic carbocycles. The van der Waals surface area contributed by atoms with E-state index < -0.39 is 0 Å². The van der Waals surface area contributed by atoms with E-state index in [1.807, 2.05) is 12.1 Å². The summed E-state index contributed by atoms with van der Waals surface area (Å²) < 4.78 is 0. The summed E-state index contributed by atoms with van der Waals surface area (Å²) in [5.41, 5.74) is 6.69. The molecule has 0 heterocycles. The lowest BCUT2D eigenvalue weighted by molar-refractivity contribution is 0.205. The van der Waals surface area contributed by atoms with Gasteiger partial charge in [-0.15, -0.1) is 0 Å². The Balaban J connectivity index is 2.03. The van der Waals surface area contributed by atoms with Gasteiger partial charge in [-0.05, 0) is 37.0 Å². The Labute approximate surface area is 166 Å². The van der Waals surface area contributed by atoms with E-state index in [1.165, 1.54) is 69.8 Å². The molecule has 4 nitrogen and oxygen atoms in total. The van der Waals surface area contributed by atoms with Gasteiger partial charge in [0.05, 0.1) is 0 Å². The fourth-order valence-corrected chi connectivity index (χ4v) is 3.44. The van der Waals surface area contributed by atoms with Crippen LogP contribution in [0.2, 0.25) is 0 Å². The normalized spacial score (nSPS) is 10.9. The van der Waals surface area contributed by atoms with E-state index in [4.69, 9.17) is 5.73 Å². The molecular formula is C23H40N2O2. The number of benzene rings is 1. The van der Waals surface area contributed by atoms with Crippen molar-refractivity contribution in [1.82, 2.24) is 4.90 Å². The highest BCUT2D eigenvalue weighted by atomic mass is 16.3. The number of carbonyl (C=O) groups excluding carboxylic acids is 1. The number of amides is 2. The first-order valence-electron chi connectivity index (χ1n) is 11.0. The number of hydrogen-bond acceptors (Lipinski definition) is 2. The molecule has 0 spiro atoms. The zero-order chi connectivity index (χ0) is 19.7. The van der Waals surface area contributed by atoms with Gasteiger partial charge in [-0.25, -0.2) is 4.79 Å². The smallest absolute Gasteiger partial charge is 0.314 e. The van der Waals surface area contributed by atoms with Crippen LogP contribution in [0.3, 0.4) is 0 Å².